The molecule has 6 nitrogen and oxygen atoms in total. The van der Waals surface area contributed by atoms with E-state index < -0.39 is 10.0 Å². The molecule has 1 amide bonds. The molecule has 25 heavy (non-hydrogen) atoms. The highest BCUT2D eigenvalue weighted by Crippen LogP contribution is 2.24. The maximum Gasteiger partial charge on any atom is 0.224 e. The van der Waals surface area contributed by atoms with E-state index in [1.54, 1.807) is 14.0 Å². The summed E-state index contributed by atoms with van der Waals surface area (Å²) in [6, 6.07) is 5.68. The highest BCUT2D eigenvalue weighted by Gasteiger charge is 2.31. The smallest absolute Gasteiger partial charge is 0.224 e. The molecule has 2 rings (SSSR count). The van der Waals surface area contributed by atoms with E-state index in [1.165, 1.54) is 4.31 Å². The molecule has 0 spiro atoms. The normalized spacial score (nSPS) is 20.1. The summed E-state index contributed by atoms with van der Waals surface area (Å²) in [6.45, 7) is 6.31. The maximum absolute atomic E-state index is 12.6. The number of nitrogens with one attached hydrogen (secondary N) is 1. The number of carbonyl (C=O) groups excluding carboxylic acids is 1. The SMILES string of the molecule is CCS(=O)(=O)N1CCC[C@H](C(=O)N[C@H](C)c2ccc(OC)c(C)c2)C1. The molecule has 0 saturated carbocycles. The van der Waals surface area contributed by atoms with Crippen molar-refractivity contribution in [3.05, 3.63) is 29.3 Å². The number of hydrogen-bond donors (Lipinski definition) is 1. The molecule has 1 saturated heterocycles. The van der Waals surface area contributed by atoms with Gasteiger partial charge in [-0.1, -0.05) is 12.1 Å². The molecule has 0 unspecified atom stereocenters. The number of methoxy groups -OCH3 is 1. The van der Waals surface area contributed by atoms with Crippen LogP contribution in [0.3, 0.4) is 0 Å². The number of amides is 1. The van der Waals surface area contributed by atoms with E-state index in [1.807, 2.05) is 32.0 Å². The first-order chi connectivity index (χ1) is 11.8. The second kappa shape index (κ2) is 8.19. The molecule has 0 aliphatic carbocycles. The molecule has 1 fully saturated rings. The highest BCUT2D eigenvalue weighted by molar-refractivity contribution is 7.89. The third-order valence-electron chi connectivity index (χ3n) is 4.79. The molecule has 1 aliphatic rings. The average Bonchev–Trinajstić information content (AvgIpc) is 2.61. The number of nitrogens with zero attached hydrogens (tertiary/aromatic N) is 1. The van der Waals surface area contributed by atoms with Crippen LogP contribution in [0.2, 0.25) is 0 Å². The maximum atomic E-state index is 12.6. The predicted molar refractivity (Wildman–Crippen MR) is 98.0 cm³/mol. The lowest BCUT2D eigenvalue weighted by molar-refractivity contribution is -0.126. The zero-order chi connectivity index (χ0) is 18.6. The van der Waals surface area contributed by atoms with Crippen LogP contribution >= 0.6 is 0 Å². The Morgan fingerprint density at radius 2 is 2.16 bits per heavy atom. The molecule has 1 heterocycles. The van der Waals surface area contributed by atoms with Crippen molar-refractivity contribution in [3.63, 3.8) is 0 Å². The molecular formula is C18H28N2O4S. The second-order valence-electron chi connectivity index (χ2n) is 6.56. The van der Waals surface area contributed by atoms with Gasteiger partial charge in [-0.2, -0.15) is 0 Å². The summed E-state index contributed by atoms with van der Waals surface area (Å²) in [5.74, 6) is 0.506. The van der Waals surface area contributed by atoms with Gasteiger partial charge in [0.15, 0.2) is 0 Å². The Balaban J connectivity index is 2.02. The summed E-state index contributed by atoms with van der Waals surface area (Å²) in [7, 11) is -1.61. The van der Waals surface area contributed by atoms with Crippen molar-refractivity contribution in [3.8, 4) is 5.75 Å². The van der Waals surface area contributed by atoms with Gasteiger partial charge in [-0.25, -0.2) is 12.7 Å². The minimum Gasteiger partial charge on any atom is -0.496 e. The number of aryl methyl sites for hydroxylation is 1. The van der Waals surface area contributed by atoms with Crippen molar-refractivity contribution in [2.45, 2.75) is 39.7 Å². The third-order valence-corrected chi connectivity index (χ3v) is 6.64. The van der Waals surface area contributed by atoms with Crippen molar-refractivity contribution < 1.29 is 17.9 Å². The van der Waals surface area contributed by atoms with Crippen molar-refractivity contribution in [2.75, 3.05) is 26.0 Å². The van der Waals surface area contributed by atoms with Gasteiger partial charge < -0.3 is 10.1 Å². The van der Waals surface area contributed by atoms with Crippen molar-refractivity contribution >= 4 is 15.9 Å². The number of benzene rings is 1. The summed E-state index contributed by atoms with van der Waals surface area (Å²) in [5, 5.41) is 3.02. The van der Waals surface area contributed by atoms with Gasteiger partial charge in [0.25, 0.3) is 0 Å². The molecule has 1 aliphatic heterocycles. The standard InChI is InChI=1S/C18H28N2O4S/c1-5-25(22,23)20-10-6-7-16(12-20)18(21)19-14(3)15-8-9-17(24-4)13(2)11-15/h8-9,11,14,16H,5-7,10,12H2,1-4H3,(H,19,21)/t14-,16+/m1/s1. The number of carbonyl (C=O) groups is 1. The van der Waals surface area contributed by atoms with Gasteiger partial charge in [-0.15, -0.1) is 0 Å². The molecular weight excluding hydrogens is 340 g/mol. The molecule has 0 bridgehead atoms. The van der Waals surface area contributed by atoms with E-state index in [2.05, 4.69) is 5.32 Å². The van der Waals surface area contributed by atoms with Gasteiger partial charge in [0.05, 0.1) is 24.8 Å². The first-order valence-corrected chi connectivity index (χ1v) is 10.3. The van der Waals surface area contributed by atoms with Crippen LogP contribution in [0.25, 0.3) is 0 Å². The number of rotatable bonds is 6. The van der Waals surface area contributed by atoms with Crippen LogP contribution in [-0.4, -0.2) is 44.6 Å². The lowest BCUT2D eigenvalue weighted by atomic mass is 9.97. The fourth-order valence-electron chi connectivity index (χ4n) is 3.18. The van der Waals surface area contributed by atoms with E-state index in [9.17, 15) is 13.2 Å². The van der Waals surface area contributed by atoms with Crippen molar-refractivity contribution in [2.24, 2.45) is 5.92 Å². The quantitative estimate of drug-likeness (QED) is 0.835. The van der Waals surface area contributed by atoms with E-state index >= 15 is 0 Å². The van der Waals surface area contributed by atoms with Crippen molar-refractivity contribution in [1.29, 1.82) is 0 Å². The Morgan fingerprint density at radius 1 is 1.44 bits per heavy atom. The molecule has 1 aromatic carbocycles. The molecule has 0 radical (unpaired) electrons. The Hall–Kier alpha value is -1.60. The Labute approximate surface area is 150 Å². The summed E-state index contributed by atoms with van der Waals surface area (Å²) in [6.07, 6.45) is 1.43. The number of piperidine rings is 1. The van der Waals surface area contributed by atoms with Crippen LogP contribution < -0.4 is 10.1 Å². The minimum atomic E-state index is -3.24. The van der Waals surface area contributed by atoms with Gasteiger partial charge in [-0.05, 0) is 50.8 Å². The lowest BCUT2D eigenvalue weighted by Crippen LogP contribution is -2.46. The first kappa shape index (κ1) is 19.7. The van der Waals surface area contributed by atoms with E-state index in [0.29, 0.717) is 13.0 Å². The predicted octanol–water partition coefficient (Wildman–Crippen LogP) is 2.24. The van der Waals surface area contributed by atoms with E-state index in [4.69, 9.17) is 4.74 Å². The summed E-state index contributed by atoms with van der Waals surface area (Å²) < 4.78 is 30.8. The monoisotopic (exact) mass is 368 g/mol. The number of hydrogen-bond acceptors (Lipinski definition) is 4. The fraction of sp³-hybridized carbons (Fsp3) is 0.611. The van der Waals surface area contributed by atoms with Crippen LogP contribution in [-0.2, 0) is 14.8 Å². The topological polar surface area (TPSA) is 75.7 Å². The average molecular weight is 368 g/mol. The Kier molecular flexibility index (Phi) is 6.46. The van der Waals surface area contributed by atoms with Gasteiger partial charge in [-0.3, -0.25) is 4.79 Å². The van der Waals surface area contributed by atoms with Gasteiger partial charge in [0, 0.05) is 13.1 Å². The van der Waals surface area contributed by atoms with Gasteiger partial charge in [0.1, 0.15) is 5.75 Å². The summed E-state index contributed by atoms with van der Waals surface area (Å²) >= 11 is 0. The first-order valence-electron chi connectivity index (χ1n) is 8.71. The van der Waals surface area contributed by atoms with Crippen LogP contribution in [0.1, 0.15) is 43.9 Å². The van der Waals surface area contributed by atoms with Crippen LogP contribution in [0, 0.1) is 12.8 Å². The summed E-state index contributed by atoms with van der Waals surface area (Å²) in [4.78, 5) is 12.6. The molecule has 2 atom stereocenters. The van der Waals surface area contributed by atoms with E-state index in [-0.39, 0.29) is 30.2 Å². The van der Waals surface area contributed by atoms with E-state index in [0.717, 1.165) is 23.3 Å². The van der Waals surface area contributed by atoms with Crippen molar-refractivity contribution in [1.82, 2.24) is 9.62 Å². The zero-order valence-electron chi connectivity index (χ0n) is 15.4. The van der Waals surface area contributed by atoms with Gasteiger partial charge in [0.2, 0.25) is 15.9 Å². The Morgan fingerprint density at radius 3 is 2.76 bits per heavy atom. The van der Waals surface area contributed by atoms with Gasteiger partial charge >= 0.3 is 0 Å². The fourth-order valence-corrected chi connectivity index (χ4v) is 4.36. The molecule has 1 N–H and O–H groups in total. The van der Waals surface area contributed by atoms with Crippen LogP contribution in [0.4, 0.5) is 0 Å². The summed E-state index contributed by atoms with van der Waals surface area (Å²) in [5.41, 5.74) is 2.01. The largest absolute Gasteiger partial charge is 0.496 e. The molecule has 0 aromatic heterocycles. The highest BCUT2D eigenvalue weighted by atomic mass is 32.2. The second-order valence-corrected chi connectivity index (χ2v) is 8.81. The molecule has 7 heteroatoms. The number of sulfonamides is 1. The minimum absolute atomic E-state index is 0.0723. The zero-order valence-corrected chi connectivity index (χ0v) is 16.2. The third kappa shape index (κ3) is 4.73. The lowest BCUT2D eigenvalue weighted by Gasteiger charge is -2.31. The number of ether oxygens (including phenoxy) is 1. The van der Waals surface area contributed by atoms with Crippen LogP contribution in [0.15, 0.2) is 18.2 Å². The Bertz CT molecular complexity index is 718. The molecule has 1 aromatic rings. The molecule has 140 valence electrons. The van der Waals surface area contributed by atoms with Crippen LogP contribution in [0.5, 0.6) is 5.75 Å².